The highest BCUT2D eigenvalue weighted by atomic mass is 19.1. The van der Waals surface area contributed by atoms with Gasteiger partial charge in [0.2, 0.25) is 0 Å². The Hall–Kier alpha value is -3.29. The molecule has 1 amide bonds. The van der Waals surface area contributed by atoms with Gasteiger partial charge >= 0.3 is 5.97 Å². The summed E-state index contributed by atoms with van der Waals surface area (Å²) in [5, 5.41) is 13.5. The van der Waals surface area contributed by atoms with E-state index < -0.39 is 29.2 Å². The van der Waals surface area contributed by atoms with Crippen LogP contribution in [-0.2, 0) is 20.7 Å². The number of nitrogens with zero attached hydrogens (tertiary/aromatic N) is 1. The number of rotatable bonds is 6. The van der Waals surface area contributed by atoms with Gasteiger partial charge in [-0.25, -0.2) is 4.39 Å². The molecule has 0 fully saturated rings. The first-order chi connectivity index (χ1) is 12.3. The molecular weight excluding hydrogens is 343 g/mol. The first kappa shape index (κ1) is 19.0. The number of amides is 1. The van der Waals surface area contributed by atoms with E-state index in [0.717, 1.165) is 5.56 Å². The third-order valence-corrected chi connectivity index (χ3v) is 3.83. The molecule has 0 unspecified atom stereocenters. The summed E-state index contributed by atoms with van der Waals surface area (Å²) in [5.41, 5.74) is 1.28. The zero-order chi connectivity index (χ0) is 19.3. The minimum absolute atomic E-state index is 0.0603. The quantitative estimate of drug-likeness (QED) is 0.485. The van der Waals surface area contributed by atoms with Crippen molar-refractivity contribution in [2.24, 2.45) is 0 Å². The summed E-state index contributed by atoms with van der Waals surface area (Å²) in [4.78, 5) is 34.2. The van der Waals surface area contributed by atoms with Gasteiger partial charge in [0, 0.05) is 6.07 Å². The van der Waals surface area contributed by atoms with Gasteiger partial charge in [0.1, 0.15) is 11.5 Å². The number of aryl methyl sites for hydroxylation is 1. The number of halogens is 1. The van der Waals surface area contributed by atoms with Crippen molar-refractivity contribution in [2.75, 3.05) is 11.9 Å². The zero-order valence-corrected chi connectivity index (χ0v) is 14.2. The molecule has 0 spiro atoms. The molecule has 2 rings (SSSR count). The van der Waals surface area contributed by atoms with Crippen molar-refractivity contribution in [1.29, 1.82) is 0 Å². The van der Waals surface area contributed by atoms with Gasteiger partial charge in [-0.3, -0.25) is 19.7 Å². The van der Waals surface area contributed by atoms with Crippen LogP contribution in [0, 0.1) is 29.8 Å². The lowest BCUT2D eigenvalue weighted by atomic mass is 10.1. The van der Waals surface area contributed by atoms with Crippen molar-refractivity contribution in [1.82, 2.24) is 0 Å². The number of nitro groups is 1. The number of benzene rings is 2. The molecular formula is C18H17FN2O5. The largest absolute Gasteiger partial charge is 0.455 e. The molecule has 26 heavy (non-hydrogen) atoms. The molecule has 0 aliphatic carbocycles. The van der Waals surface area contributed by atoms with Crippen molar-refractivity contribution >= 4 is 23.3 Å². The molecule has 0 saturated carbocycles. The van der Waals surface area contributed by atoms with Crippen LogP contribution in [0.3, 0.4) is 0 Å². The highest BCUT2D eigenvalue weighted by Gasteiger charge is 2.20. The van der Waals surface area contributed by atoms with Crippen molar-refractivity contribution in [3.8, 4) is 0 Å². The normalized spacial score (nSPS) is 10.3. The Bertz CT molecular complexity index is 867. The first-order valence-electron chi connectivity index (χ1n) is 7.73. The molecule has 0 aromatic heterocycles. The van der Waals surface area contributed by atoms with Crippen molar-refractivity contribution < 1.29 is 23.6 Å². The third kappa shape index (κ3) is 4.62. The van der Waals surface area contributed by atoms with Gasteiger partial charge in [0.05, 0.1) is 11.3 Å². The Labute approximate surface area is 148 Å². The van der Waals surface area contributed by atoms with Crippen LogP contribution in [0.25, 0.3) is 0 Å². The summed E-state index contributed by atoms with van der Waals surface area (Å²) in [5.74, 6) is -2.04. The lowest BCUT2D eigenvalue weighted by Gasteiger charge is -2.11. The number of hydrogen-bond donors (Lipinski definition) is 1. The average Bonchev–Trinajstić information content (AvgIpc) is 2.59. The van der Waals surface area contributed by atoms with Gasteiger partial charge in [-0.1, -0.05) is 24.3 Å². The van der Waals surface area contributed by atoms with Crippen LogP contribution in [0.5, 0.6) is 0 Å². The third-order valence-electron chi connectivity index (χ3n) is 3.83. The van der Waals surface area contributed by atoms with Gasteiger partial charge in [-0.05, 0) is 36.6 Å². The van der Waals surface area contributed by atoms with E-state index in [1.165, 1.54) is 24.3 Å². The number of esters is 1. The molecule has 0 saturated heterocycles. The number of ether oxygens (including phenoxy) is 1. The maximum absolute atomic E-state index is 13.5. The van der Waals surface area contributed by atoms with Gasteiger partial charge in [-0.2, -0.15) is 0 Å². The van der Waals surface area contributed by atoms with Gasteiger partial charge < -0.3 is 10.1 Å². The second-order valence-corrected chi connectivity index (χ2v) is 5.64. The number of nitro benzene ring substituents is 1. The van der Waals surface area contributed by atoms with Crippen LogP contribution < -0.4 is 5.32 Å². The van der Waals surface area contributed by atoms with E-state index in [4.69, 9.17) is 4.74 Å². The minimum atomic E-state index is -0.777. The highest BCUT2D eigenvalue weighted by molar-refractivity contribution is 5.96. The average molecular weight is 360 g/mol. The van der Waals surface area contributed by atoms with Crippen LogP contribution in [0.2, 0.25) is 0 Å². The van der Waals surface area contributed by atoms with Crippen LogP contribution >= 0.6 is 0 Å². The topological polar surface area (TPSA) is 98.5 Å². The molecule has 0 radical (unpaired) electrons. The fourth-order valence-corrected chi connectivity index (χ4v) is 2.28. The van der Waals surface area contributed by atoms with Crippen molar-refractivity contribution in [3.63, 3.8) is 0 Å². The van der Waals surface area contributed by atoms with E-state index in [1.807, 2.05) is 0 Å². The summed E-state index contributed by atoms with van der Waals surface area (Å²) in [6, 6.07) is 8.61. The minimum Gasteiger partial charge on any atom is -0.455 e. The first-order valence-corrected chi connectivity index (χ1v) is 7.73. The molecule has 1 N–H and O–H groups in total. The van der Waals surface area contributed by atoms with Crippen LogP contribution in [0.15, 0.2) is 36.4 Å². The molecule has 2 aromatic carbocycles. The number of anilines is 1. The molecule has 0 atom stereocenters. The van der Waals surface area contributed by atoms with E-state index in [1.54, 1.807) is 26.0 Å². The standard InChI is InChI=1S/C18H17FN2O5/c1-11-7-8-15(21(24)25)18(12(11)2)20-16(22)10-26-17(23)9-13-5-3-4-6-14(13)19/h3-8H,9-10H2,1-2H3,(H,20,22). The van der Waals surface area contributed by atoms with E-state index >= 15 is 0 Å². The lowest BCUT2D eigenvalue weighted by Crippen LogP contribution is -2.22. The molecule has 7 nitrogen and oxygen atoms in total. The Morgan fingerprint density at radius 1 is 1.19 bits per heavy atom. The number of nitrogens with one attached hydrogen (secondary N) is 1. The van der Waals surface area contributed by atoms with E-state index in [9.17, 15) is 24.1 Å². The fraction of sp³-hybridized carbons (Fsp3) is 0.222. The molecule has 0 bridgehead atoms. The predicted octanol–water partition coefficient (Wildman–Crippen LogP) is 3.08. The summed E-state index contributed by atoms with van der Waals surface area (Å²) >= 11 is 0. The van der Waals surface area contributed by atoms with Gasteiger partial charge in [0.15, 0.2) is 6.61 Å². The molecule has 0 aliphatic heterocycles. The van der Waals surface area contributed by atoms with E-state index in [2.05, 4.69) is 5.32 Å². The Kier molecular flexibility index (Phi) is 6.00. The lowest BCUT2D eigenvalue weighted by molar-refractivity contribution is -0.384. The molecule has 8 heteroatoms. The van der Waals surface area contributed by atoms with E-state index in [0.29, 0.717) is 5.56 Å². The summed E-state index contributed by atoms with van der Waals surface area (Å²) in [6.07, 6.45) is -0.316. The summed E-state index contributed by atoms with van der Waals surface area (Å²) in [6.45, 7) is 2.77. The SMILES string of the molecule is Cc1ccc([N+](=O)[O-])c(NC(=O)COC(=O)Cc2ccccc2F)c1C. The molecule has 0 aliphatic rings. The number of hydrogen-bond acceptors (Lipinski definition) is 5. The monoisotopic (exact) mass is 360 g/mol. The van der Waals surface area contributed by atoms with Gasteiger partial charge in [-0.15, -0.1) is 0 Å². The Balaban J connectivity index is 1.99. The number of carbonyl (C=O) groups excluding carboxylic acids is 2. The zero-order valence-electron chi connectivity index (χ0n) is 14.2. The molecule has 136 valence electrons. The smallest absolute Gasteiger partial charge is 0.310 e. The molecule has 0 heterocycles. The van der Waals surface area contributed by atoms with E-state index in [-0.39, 0.29) is 23.4 Å². The summed E-state index contributed by atoms with van der Waals surface area (Å²) < 4.78 is 18.3. The maximum atomic E-state index is 13.5. The summed E-state index contributed by atoms with van der Waals surface area (Å²) in [7, 11) is 0. The predicted molar refractivity (Wildman–Crippen MR) is 92.3 cm³/mol. The second kappa shape index (κ2) is 8.19. The Morgan fingerprint density at radius 2 is 1.88 bits per heavy atom. The van der Waals surface area contributed by atoms with Crippen molar-refractivity contribution in [3.05, 3.63) is 69.0 Å². The second-order valence-electron chi connectivity index (χ2n) is 5.64. The fourth-order valence-electron chi connectivity index (χ4n) is 2.28. The van der Waals surface area contributed by atoms with Crippen LogP contribution in [-0.4, -0.2) is 23.4 Å². The van der Waals surface area contributed by atoms with Crippen molar-refractivity contribution in [2.45, 2.75) is 20.3 Å². The highest BCUT2D eigenvalue weighted by Crippen LogP contribution is 2.30. The maximum Gasteiger partial charge on any atom is 0.310 e. The van der Waals surface area contributed by atoms with Crippen LogP contribution in [0.4, 0.5) is 15.8 Å². The Morgan fingerprint density at radius 3 is 2.54 bits per heavy atom. The van der Waals surface area contributed by atoms with Gasteiger partial charge in [0.25, 0.3) is 11.6 Å². The van der Waals surface area contributed by atoms with Crippen LogP contribution in [0.1, 0.15) is 16.7 Å². The molecule has 2 aromatic rings. The number of carbonyl (C=O) groups is 2.